The highest BCUT2D eigenvalue weighted by Crippen LogP contribution is 2.56. The van der Waals surface area contributed by atoms with Crippen LogP contribution in [0.3, 0.4) is 0 Å². The largest absolute Gasteiger partial charge is 0.311 e. The van der Waals surface area contributed by atoms with Crippen molar-refractivity contribution in [2.24, 2.45) is 0 Å². The molecule has 13 aromatic rings. The van der Waals surface area contributed by atoms with Crippen LogP contribution in [0.15, 0.2) is 279 Å². The van der Waals surface area contributed by atoms with Crippen molar-refractivity contribution in [3.8, 4) is 39.1 Å². The average Bonchev–Trinajstić information content (AvgIpc) is 3.95. The van der Waals surface area contributed by atoms with Gasteiger partial charge < -0.3 is 9.47 Å². The summed E-state index contributed by atoms with van der Waals surface area (Å²) in [6.45, 7) is 0. The Kier molecular flexibility index (Phi) is 9.47. The molecule has 0 saturated heterocycles. The molecule has 0 aliphatic heterocycles. The smallest absolute Gasteiger partial charge is 0.0713 e. The van der Waals surface area contributed by atoms with Gasteiger partial charge in [-0.25, -0.2) is 0 Å². The van der Waals surface area contributed by atoms with Crippen molar-refractivity contribution >= 4 is 60.4 Å². The summed E-state index contributed by atoms with van der Waals surface area (Å²) >= 11 is 0. The van der Waals surface area contributed by atoms with Crippen LogP contribution in [-0.4, -0.2) is 4.57 Å². The lowest BCUT2D eigenvalue weighted by Gasteiger charge is -2.34. The average molecular weight is 903 g/mol. The third-order valence-electron chi connectivity index (χ3n) is 15.1. The SMILES string of the molecule is c1ccc(-c2ccc(N(c3ccc(-c4cc5ccccc5c5ccccc45)cc3)c3ccc(-n4c5ccccc5c5cc(C6(c7ccccc7)c7ccccc7-c7ccccc76)ccc54)cc3)cc2)cc1. The van der Waals surface area contributed by atoms with E-state index in [1.54, 1.807) is 0 Å². The molecular weight excluding hydrogens is 857 g/mol. The lowest BCUT2D eigenvalue weighted by Crippen LogP contribution is -2.28. The van der Waals surface area contributed by atoms with E-state index in [9.17, 15) is 0 Å². The Morgan fingerprint density at radius 1 is 0.282 bits per heavy atom. The first-order valence-electron chi connectivity index (χ1n) is 24.6. The monoisotopic (exact) mass is 902 g/mol. The zero-order valence-corrected chi connectivity index (χ0v) is 39.0. The van der Waals surface area contributed by atoms with E-state index in [-0.39, 0.29) is 0 Å². The molecule has 0 amide bonds. The molecule has 1 aliphatic carbocycles. The van der Waals surface area contributed by atoms with Gasteiger partial charge in [-0.2, -0.15) is 0 Å². The van der Waals surface area contributed by atoms with Gasteiger partial charge in [-0.3, -0.25) is 0 Å². The molecule has 0 spiro atoms. The maximum absolute atomic E-state index is 2.47. The van der Waals surface area contributed by atoms with Gasteiger partial charge in [0.1, 0.15) is 0 Å². The van der Waals surface area contributed by atoms with E-state index in [0.717, 1.165) is 22.7 Å². The summed E-state index contributed by atoms with van der Waals surface area (Å²) in [4.78, 5) is 2.37. The fourth-order valence-corrected chi connectivity index (χ4v) is 11.9. The van der Waals surface area contributed by atoms with Gasteiger partial charge in [0.05, 0.1) is 16.4 Å². The van der Waals surface area contributed by atoms with Gasteiger partial charge in [0.2, 0.25) is 0 Å². The molecule has 0 atom stereocenters. The lowest BCUT2D eigenvalue weighted by atomic mass is 9.67. The van der Waals surface area contributed by atoms with Crippen molar-refractivity contribution in [1.82, 2.24) is 4.57 Å². The van der Waals surface area contributed by atoms with Crippen LogP contribution >= 0.6 is 0 Å². The molecular formula is C69H46N2. The van der Waals surface area contributed by atoms with Crippen LogP contribution in [0.1, 0.15) is 22.3 Å². The van der Waals surface area contributed by atoms with Gasteiger partial charge in [-0.15, -0.1) is 0 Å². The van der Waals surface area contributed by atoms with Crippen molar-refractivity contribution in [1.29, 1.82) is 0 Å². The van der Waals surface area contributed by atoms with E-state index < -0.39 is 5.41 Å². The van der Waals surface area contributed by atoms with Crippen LogP contribution in [0.5, 0.6) is 0 Å². The predicted octanol–water partition coefficient (Wildman–Crippen LogP) is 18.3. The standard InChI is InChI=1S/C69H46N2/c1-3-17-47(18-4-1)48-31-36-53(37-32-48)70(54-38-33-49(34-39-54)63-45-50-19-7-8-22-57(50)58-23-9-10-24-59(58)63)55-40-42-56(43-41-55)71-67-30-16-13-27-62(67)64-46-52(35-44-68(64)71)69(51-20-5-2-6-21-51)65-28-14-11-25-60(65)61-26-12-15-29-66(61)69/h1-46H. The molecule has 12 aromatic carbocycles. The number of hydrogen-bond donors (Lipinski definition) is 0. The zero-order chi connectivity index (χ0) is 46.9. The fraction of sp³-hybridized carbons (Fsp3) is 0.0145. The van der Waals surface area contributed by atoms with Crippen LogP contribution in [0.4, 0.5) is 17.1 Å². The highest BCUT2D eigenvalue weighted by atomic mass is 15.1. The Balaban J connectivity index is 0.892. The minimum Gasteiger partial charge on any atom is -0.311 e. The molecule has 0 N–H and O–H groups in total. The second-order valence-electron chi connectivity index (χ2n) is 18.8. The van der Waals surface area contributed by atoms with E-state index in [4.69, 9.17) is 0 Å². The van der Waals surface area contributed by atoms with Crippen molar-refractivity contribution in [2.75, 3.05) is 4.90 Å². The molecule has 0 unspecified atom stereocenters. The predicted molar refractivity (Wildman–Crippen MR) is 299 cm³/mol. The molecule has 71 heavy (non-hydrogen) atoms. The number of fused-ring (bicyclic) bond motifs is 9. The molecule has 2 heteroatoms. The number of hydrogen-bond acceptors (Lipinski definition) is 1. The molecule has 0 fully saturated rings. The maximum Gasteiger partial charge on any atom is 0.0713 e. The summed E-state index contributed by atoms with van der Waals surface area (Å²) in [6.07, 6.45) is 0. The molecule has 2 nitrogen and oxygen atoms in total. The molecule has 0 bridgehead atoms. The van der Waals surface area contributed by atoms with Crippen LogP contribution in [-0.2, 0) is 5.41 Å². The number of aromatic nitrogens is 1. The summed E-state index contributed by atoms with van der Waals surface area (Å²) in [5.74, 6) is 0. The number of nitrogens with zero attached hydrogens (tertiary/aromatic N) is 2. The molecule has 1 aliphatic rings. The van der Waals surface area contributed by atoms with Gasteiger partial charge >= 0.3 is 0 Å². The molecule has 0 saturated carbocycles. The first-order chi connectivity index (χ1) is 35.2. The van der Waals surface area contributed by atoms with Crippen LogP contribution in [0, 0.1) is 0 Å². The van der Waals surface area contributed by atoms with Crippen LogP contribution < -0.4 is 4.90 Å². The first-order valence-corrected chi connectivity index (χ1v) is 24.6. The summed E-state index contributed by atoms with van der Waals surface area (Å²) in [6, 6.07) is 103. The zero-order valence-electron chi connectivity index (χ0n) is 39.0. The van der Waals surface area contributed by atoms with E-state index in [0.29, 0.717) is 0 Å². The van der Waals surface area contributed by atoms with Gasteiger partial charge in [-0.1, -0.05) is 206 Å². The van der Waals surface area contributed by atoms with Crippen molar-refractivity contribution in [2.45, 2.75) is 5.41 Å². The normalized spacial score (nSPS) is 12.6. The molecule has 332 valence electrons. The molecule has 1 heterocycles. The van der Waals surface area contributed by atoms with Crippen molar-refractivity contribution < 1.29 is 0 Å². The number of para-hydroxylation sites is 1. The summed E-state index contributed by atoms with van der Waals surface area (Å²) in [7, 11) is 0. The summed E-state index contributed by atoms with van der Waals surface area (Å²) in [5, 5.41) is 7.52. The Bertz CT molecular complexity index is 4090. The molecule has 0 radical (unpaired) electrons. The lowest BCUT2D eigenvalue weighted by molar-refractivity contribution is 0.770. The second kappa shape index (κ2) is 16.5. The van der Waals surface area contributed by atoms with Gasteiger partial charge in [0.25, 0.3) is 0 Å². The van der Waals surface area contributed by atoms with Gasteiger partial charge in [0.15, 0.2) is 0 Å². The number of anilines is 3. The van der Waals surface area contributed by atoms with Gasteiger partial charge in [-0.05, 0) is 150 Å². The summed E-state index contributed by atoms with van der Waals surface area (Å²) < 4.78 is 2.44. The Hall–Kier alpha value is -9.24. The third-order valence-corrected chi connectivity index (χ3v) is 15.1. The molecule has 14 rings (SSSR count). The first kappa shape index (κ1) is 40.8. The minimum atomic E-state index is -0.474. The van der Waals surface area contributed by atoms with Gasteiger partial charge in [0, 0.05) is 33.5 Å². The Labute approximate surface area is 413 Å². The Morgan fingerprint density at radius 2 is 0.775 bits per heavy atom. The summed E-state index contributed by atoms with van der Waals surface area (Å²) in [5.41, 5.74) is 18.8. The van der Waals surface area contributed by atoms with E-state index in [2.05, 4.69) is 289 Å². The second-order valence-corrected chi connectivity index (χ2v) is 18.8. The van der Waals surface area contributed by atoms with Crippen molar-refractivity contribution in [3.63, 3.8) is 0 Å². The number of benzene rings is 12. The highest BCUT2D eigenvalue weighted by molar-refractivity contribution is 6.14. The topological polar surface area (TPSA) is 8.17 Å². The van der Waals surface area contributed by atoms with Crippen LogP contribution in [0.25, 0.3) is 82.4 Å². The minimum absolute atomic E-state index is 0.474. The molecule has 1 aromatic heterocycles. The number of rotatable bonds is 8. The van der Waals surface area contributed by atoms with E-state index in [1.807, 2.05) is 0 Å². The van der Waals surface area contributed by atoms with Crippen LogP contribution in [0.2, 0.25) is 0 Å². The fourth-order valence-electron chi connectivity index (χ4n) is 11.9. The quantitative estimate of drug-likeness (QED) is 0.138. The van der Waals surface area contributed by atoms with E-state index >= 15 is 0 Å². The third kappa shape index (κ3) is 6.42. The Morgan fingerprint density at radius 3 is 1.45 bits per heavy atom. The maximum atomic E-state index is 2.47. The van der Waals surface area contributed by atoms with E-state index in [1.165, 1.54) is 99.0 Å². The highest BCUT2D eigenvalue weighted by Gasteiger charge is 2.46. The van der Waals surface area contributed by atoms with Crippen molar-refractivity contribution in [3.05, 3.63) is 301 Å².